The zero-order valence-electron chi connectivity index (χ0n) is 11.1. The topological polar surface area (TPSA) is 38.3 Å². The molecule has 0 heterocycles. The maximum Gasteiger partial charge on any atom is 0.416 e. The van der Waals surface area contributed by atoms with Gasteiger partial charge in [0.1, 0.15) is 11.5 Å². The number of hydrogen-bond acceptors (Lipinski definition) is 2. The quantitative estimate of drug-likeness (QED) is 0.908. The Hall–Kier alpha value is -2.50. The predicted octanol–water partition coefficient (Wildman–Crippen LogP) is 4.46. The monoisotopic (exact) mass is 295 g/mol. The highest BCUT2D eigenvalue weighted by molar-refractivity contribution is 5.88. The third kappa shape index (κ3) is 4.24. The number of alkyl halides is 3. The largest absolute Gasteiger partial charge is 0.457 e. The van der Waals surface area contributed by atoms with Gasteiger partial charge in [-0.1, -0.05) is 6.07 Å². The zero-order valence-corrected chi connectivity index (χ0v) is 11.1. The second-order valence-corrected chi connectivity index (χ2v) is 4.33. The molecule has 2 rings (SSSR count). The number of rotatable bonds is 3. The van der Waals surface area contributed by atoms with E-state index in [4.69, 9.17) is 4.74 Å². The molecule has 0 aliphatic carbocycles. The first kappa shape index (κ1) is 14.9. The molecule has 0 saturated carbocycles. The third-order valence-electron chi connectivity index (χ3n) is 2.57. The van der Waals surface area contributed by atoms with Crippen LogP contribution in [0.15, 0.2) is 48.5 Å². The molecular weight excluding hydrogens is 283 g/mol. The molecule has 6 heteroatoms. The summed E-state index contributed by atoms with van der Waals surface area (Å²) < 4.78 is 42.8. The molecule has 0 atom stereocenters. The summed E-state index contributed by atoms with van der Waals surface area (Å²) in [5.41, 5.74) is -0.186. The first-order valence-electron chi connectivity index (χ1n) is 6.07. The van der Waals surface area contributed by atoms with Crippen LogP contribution >= 0.6 is 0 Å². The molecule has 3 nitrogen and oxygen atoms in total. The van der Waals surface area contributed by atoms with Crippen molar-refractivity contribution in [3.05, 3.63) is 54.1 Å². The van der Waals surface area contributed by atoms with E-state index in [1.165, 1.54) is 19.1 Å². The highest BCUT2D eigenvalue weighted by Crippen LogP contribution is 2.31. The van der Waals surface area contributed by atoms with Gasteiger partial charge >= 0.3 is 6.18 Å². The molecule has 110 valence electrons. The minimum Gasteiger partial charge on any atom is -0.457 e. The van der Waals surface area contributed by atoms with Crippen LogP contribution in [0.1, 0.15) is 12.5 Å². The van der Waals surface area contributed by atoms with Crippen LogP contribution in [0.4, 0.5) is 18.9 Å². The van der Waals surface area contributed by atoms with Crippen molar-refractivity contribution >= 4 is 11.6 Å². The molecule has 21 heavy (non-hydrogen) atoms. The summed E-state index contributed by atoms with van der Waals surface area (Å²) in [5.74, 6) is 0.477. The Balaban J connectivity index is 2.13. The first-order valence-corrected chi connectivity index (χ1v) is 6.07. The molecule has 0 aliphatic rings. The molecule has 2 aromatic carbocycles. The smallest absolute Gasteiger partial charge is 0.416 e. The van der Waals surface area contributed by atoms with Gasteiger partial charge in [-0.3, -0.25) is 4.79 Å². The Morgan fingerprint density at radius 3 is 2.29 bits per heavy atom. The van der Waals surface area contributed by atoms with Crippen LogP contribution in [0.3, 0.4) is 0 Å². The summed E-state index contributed by atoms with van der Waals surface area (Å²) in [4.78, 5) is 11.0. The molecule has 0 saturated heterocycles. The molecular formula is C15H12F3NO2. The van der Waals surface area contributed by atoms with Crippen molar-refractivity contribution in [2.45, 2.75) is 13.1 Å². The van der Waals surface area contributed by atoms with Crippen molar-refractivity contribution in [3.63, 3.8) is 0 Å². The van der Waals surface area contributed by atoms with Gasteiger partial charge < -0.3 is 10.1 Å². The number of halogens is 3. The summed E-state index contributed by atoms with van der Waals surface area (Å²) in [6.07, 6.45) is -4.37. The van der Waals surface area contributed by atoms with Gasteiger partial charge in [-0.05, 0) is 36.4 Å². The summed E-state index contributed by atoms with van der Waals surface area (Å²) in [6.45, 7) is 1.38. The molecule has 1 N–H and O–H groups in total. The van der Waals surface area contributed by atoms with Gasteiger partial charge in [-0.25, -0.2) is 0 Å². The normalized spacial score (nSPS) is 11.0. The maximum absolute atomic E-state index is 12.4. The number of anilines is 1. The van der Waals surface area contributed by atoms with Crippen LogP contribution in [0.25, 0.3) is 0 Å². The van der Waals surface area contributed by atoms with Crippen molar-refractivity contribution in [3.8, 4) is 11.5 Å². The van der Waals surface area contributed by atoms with Gasteiger partial charge in [0.15, 0.2) is 0 Å². The number of benzene rings is 2. The average Bonchev–Trinajstić information content (AvgIpc) is 2.38. The van der Waals surface area contributed by atoms with Gasteiger partial charge in [0.25, 0.3) is 0 Å². The van der Waals surface area contributed by atoms with E-state index < -0.39 is 11.7 Å². The number of carbonyl (C=O) groups is 1. The Kier molecular flexibility index (Phi) is 4.16. The lowest BCUT2D eigenvalue weighted by molar-refractivity contribution is -0.137. The van der Waals surface area contributed by atoms with E-state index in [-0.39, 0.29) is 11.7 Å². The van der Waals surface area contributed by atoms with Gasteiger partial charge in [0, 0.05) is 18.7 Å². The van der Waals surface area contributed by atoms with Crippen LogP contribution in [0, 0.1) is 0 Å². The maximum atomic E-state index is 12.4. The fraction of sp³-hybridized carbons (Fsp3) is 0.133. The van der Waals surface area contributed by atoms with Crippen molar-refractivity contribution < 1.29 is 22.7 Å². The van der Waals surface area contributed by atoms with Crippen LogP contribution in [-0.2, 0) is 11.0 Å². The van der Waals surface area contributed by atoms with Gasteiger partial charge in [-0.2, -0.15) is 13.2 Å². The lowest BCUT2D eigenvalue weighted by atomic mass is 10.2. The number of carbonyl (C=O) groups excluding carboxylic acids is 1. The molecule has 1 amide bonds. The van der Waals surface area contributed by atoms with Gasteiger partial charge in [0.05, 0.1) is 5.56 Å². The Bertz CT molecular complexity index is 636. The van der Waals surface area contributed by atoms with E-state index in [0.29, 0.717) is 11.4 Å². The van der Waals surface area contributed by atoms with Crippen molar-refractivity contribution in [2.24, 2.45) is 0 Å². The van der Waals surface area contributed by atoms with E-state index in [0.717, 1.165) is 12.1 Å². The molecule has 0 bridgehead atoms. The number of amides is 1. The predicted molar refractivity (Wildman–Crippen MR) is 72.3 cm³/mol. The highest BCUT2D eigenvalue weighted by atomic mass is 19.4. The standard InChI is InChI=1S/C15H12F3NO2/c1-10(20)19-12-3-2-4-14(9-12)21-13-7-5-11(6-8-13)15(16,17)18/h2-9H,1H3,(H,19,20). The van der Waals surface area contributed by atoms with Gasteiger partial charge in [0.2, 0.25) is 5.91 Å². The number of ether oxygens (including phenoxy) is 1. The SMILES string of the molecule is CC(=O)Nc1cccc(Oc2ccc(C(F)(F)F)cc2)c1. The van der Waals surface area contributed by atoms with E-state index >= 15 is 0 Å². The minimum atomic E-state index is -4.37. The summed E-state index contributed by atoms with van der Waals surface area (Å²) in [7, 11) is 0. The Morgan fingerprint density at radius 1 is 1.05 bits per heavy atom. The first-order chi connectivity index (χ1) is 9.84. The van der Waals surface area contributed by atoms with Crippen LogP contribution in [0.5, 0.6) is 11.5 Å². The molecule has 0 aromatic heterocycles. The van der Waals surface area contributed by atoms with Gasteiger partial charge in [-0.15, -0.1) is 0 Å². The van der Waals surface area contributed by atoms with E-state index in [1.807, 2.05) is 0 Å². The van der Waals surface area contributed by atoms with Crippen molar-refractivity contribution in [1.82, 2.24) is 0 Å². The summed E-state index contributed by atoms with van der Waals surface area (Å²) in [5, 5.41) is 2.59. The number of nitrogens with one attached hydrogen (secondary N) is 1. The second kappa shape index (κ2) is 5.87. The highest BCUT2D eigenvalue weighted by Gasteiger charge is 2.30. The van der Waals surface area contributed by atoms with Crippen LogP contribution < -0.4 is 10.1 Å². The molecule has 2 aromatic rings. The Labute approximate surface area is 119 Å². The van der Waals surface area contributed by atoms with Crippen molar-refractivity contribution in [2.75, 3.05) is 5.32 Å². The van der Waals surface area contributed by atoms with Crippen molar-refractivity contribution in [1.29, 1.82) is 0 Å². The molecule has 0 spiro atoms. The Morgan fingerprint density at radius 2 is 1.71 bits per heavy atom. The fourth-order valence-electron chi connectivity index (χ4n) is 1.69. The van der Waals surface area contributed by atoms with Crippen LogP contribution in [0.2, 0.25) is 0 Å². The average molecular weight is 295 g/mol. The number of hydrogen-bond donors (Lipinski definition) is 1. The molecule has 0 aliphatic heterocycles. The lowest BCUT2D eigenvalue weighted by Crippen LogP contribution is -2.05. The minimum absolute atomic E-state index is 0.221. The second-order valence-electron chi connectivity index (χ2n) is 4.33. The van der Waals surface area contributed by atoms with E-state index in [2.05, 4.69) is 5.32 Å². The van der Waals surface area contributed by atoms with E-state index in [9.17, 15) is 18.0 Å². The molecule has 0 unspecified atom stereocenters. The van der Waals surface area contributed by atoms with Crippen LogP contribution in [-0.4, -0.2) is 5.91 Å². The summed E-state index contributed by atoms with van der Waals surface area (Å²) >= 11 is 0. The van der Waals surface area contributed by atoms with E-state index in [1.54, 1.807) is 24.3 Å². The summed E-state index contributed by atoms with van der Waals surface area (Å²) in [6, 6.07) is 11.0. The molecule has 0 radical (unpaired) electrons. The fourth-order valence-corrected chi connectivity index (χ4v) is 1.69. The third-order valence-corrected chi connectivity index (χ3v) is 2.57. The molecule has 0 fully saturated rings. The zero-order chi connectivity index (χ0) is 15.5. The lowest BCUT2D eigenvalue weighted by Gasteiger charge is -2.10.